The Morgan fingerprint density at radius 3 is 2.67 bits per heavy atom. The van der Waals surface area contributed by atoms with Gasteiger partial charge in [-0.25, -0.2) is 4.39 Å². The van der Waals surface area contributed by atoms with Crippen LogP contribution < -0.4 is 4.90 Å². The molecule has 0 radical (unpaired) electrons. The second-order valence-electron chi connectivity index (χ2n) is 7.36. The number of hydrogen-bond acceptors (Lipinski definition) is 2. The fraction of sp³-hybridized carbons (Fsp3) is 0.611. The van der Waals surface area contributed by atoms with Gasteiger partial charge >= 0.3 is 0 Å². The number of ketones is 1. The van der Waals surface area contributed by atoms with E-state index in [1.54, 1.807) is 6.07 Å². The summed E-state index contributed by atoms with van der Waals surface area (Å²) >= 11 is 0. The molecule has 0 aliphatic heterocycles. The van der Waals surface area contributed by atoms with Crippen LogP contribution in [0.25, 0.3) is 0 Å². The summed E-state index contributed by atoms with van der Waals surface area (Å²) in [5.74, 6) is 0.776. The van der Waals surface area contributed by atoms with Crippen molar-refractivity contribution in [3.05, 3.63) is 30.1 Å². The quantitative estimate of drug-likeness (QED) is 0.828. The summed E-state index contributed by atoms with van der Waals surface area (Å²) in [4.78, 5) is 14.2. The van der Waals surface area contributed by atoms with Gasteiger partial charge in [-0.2, -0.15) is 0 Å². The van der Waals surface area contributed by atoms with Gasteiger partial charge < -0.3 is 4.90 Å². The van der Waals surface area contributed by atoms with Gasteiger partial charge in [0.1, 0.15) is 11.6 Å². The SMILES string of the molecule is CN(CC1CC(C(C)(C)C)CCC1=O)c1cccc(F)c1. The number of halogens is 1. The van der Waals surface area contributed by atoms with Gasteiger partial charge in [0.2, 0.25) is 0 Å². The number of rotatable bonds is 3. The number of benzene rings is 1. The molecule has 21 heavy (non-hydrogen) atoms. The van der Waals surface area contributed by atoms with E-state index in [4.69, 9.17) is 0 Å². The Kier molecular flexibility index (Phi) is 4.70. The molecule has 1 fully saturated rings. The zero-order valence-electron chi connectivity index (χ0n) is 13.5. The minimum atomic E-state index is -0.234. The summed E-state index contributed by atoms with van der Waals surface area (Å²) in [7, 11) is 1.93. The highest BCUT2D eigenvalue weighted by Crippen LogP contribution is 2.39. The molecule has 2 unspecified atom stereocenters. The number of carbonyl (C=O) groups is 1. The molecule has 0 bridgehead atoms. The Labute approximate surface area is 127 Å². The van der Waals surface area contributed by atoms with Gasteiger partial charge in [-0.15, -0.1) is 0 Å². The lowest BCUT2D eigenvalue weighted by atomic mass is 9.68. The van der Waals surface area contributed by atoms with E-state index in [2.05, 4.69) is 20.8 Å². The molecule has 3 heteroatoms. The Hall–Kier alpha value is -1.38. The van der Waals surface area contributed by atoms with E-state index in [1.165, 1.54) is 12.1 Å². The molecule has 0 N–H and O–H groups in total. The first-order chi connectivity index (χ1) is 9.77. The maximum absolute atomic E-state index is 13.3. The predicted molar refractivity (Wildman–Crippen MR) is 85.0 cm³/mol. The average Bonchev–Trinajstić information content (AvgIpc) is 2.40. The maximum Gasteiger partial charge on any atom is 0.137 e. The van der Waals surface area contributed by atoms with Gasteiger partial charge in [-0.05, 0) is 42.4 Å². The standard InChI is InChI=1S/C18H26FNO/c1-18(2,3)14-8-9-17(21)13(10-14)12-20(4)16-7-5-6-15(19)11-16/h5-7,11,13-14H,8-10,12H2,1-4H3. The van der Waals surface area contributed by atoms with E-state index in [-0.39, 0.29) is 17.2 Å². The van der Waals surface area contributed by atoms with Crippen molar-refractivity contribution in [2.75, 3.05) is 18.5 Å². The summed E-state index contributed by atoms with van der Waals surface area (Å²) < 4.78 is 13.3. The molecule has 1 aliphatic carbocycles. The topological polar surface area (TPSA) is 20.3 Å². The van der Waals surface area contributed by atoms with Crippen LogP contribution in [0.4, 0.5) is 10.1 Å². The van der Waals surface area contributed by atoms with Gasteiger partial charge in [-0.3, -0.25) is 4.79 Å². The molecular formula is C18H26FNO. The van der Waals surface area contributed by atoms with E-state index in [1.807, 2.05) is 18.0 Å². The molecule has 1 aromatic carbocycles. The number of carbonyl (C=O) groups excluding carboxylic acids is 1. The third-order valence-corrected chi connectivity index (χ3v) is 4.73. The van der Waals surface area contributed by atoms with Crippen molar-refractivity contribution in [3.8, 4) is 0 Å². The van der Waals surface area contributed by atoms with Crippen LogP contribution in [-0.4, -0.2) is 19.4 Å². The number of anilines is 1. The number of Topliss-reactive ketones (excluding diaryl/α,β-unsaturated/α-hetero) is 1. The van der Waals surface area contributed by atoms with Gasteiger partial charge in [-0.1, -0.05) is 26.8 Å². The smallest absolute Gasteiger partial charge is 0.137 e. The van der Waals surface area contributed by atoms with Crippen molar-refractivity contribution in [3.63, 3.8) is 0 Å². The highest BCUT2D eigenvalue weighted by Gasteiger charge is 2.35. The van der Waals surface area contributed by atoms with Crippen LogP contribution in [0.3, 0.4) is 0 Å². The average molecular weight is 291 g/mol. The fourth-order valence-corrected chi connectivity index (χ4v) is 3.23. The lowest BCUT2D eigenvalue weighted by Gasteiger charge is -2.38. The summed E-state index contributed by atoms with van der Waals surface area (Å²) in [5.41, 5.74) is 1.08. The molecule has 2 nitrogen and oxygen atoms in total. The summed E-state index contributed by atoms with van der Waals surface area (Å²) in [6.07, 6.45) is 2.63. The molecular weight excluding hydrogens is 265 g/mol. The summed E-state index contributed by atoms with van der Waals surface area (Å²) in [6.45, 7) is 7.43. The van der Waals surface area contributed by atoms with Crippen LogP contribution in [0.2, 0.25) is 0 Å². The minimum absolute atomic E-state index is 0.0660. The Morgan fingerprint density at radius 2 is 2.05 bits per heavy atom. The monoisotopic (exact) mass is 291 g/mol. The third kappa shape index (κ3) is 4.05. The zero-order chi connectivity index (χ0) is 15.6. The summed E-state index contributed by atoms with van der Waals surface area (Å²) in [6, 6.07) is 6.56. The Morgan fingerprint density at radius 1 is 1.33 bits per heavy atom. The van der Waals surface area contributed by atoms with Gasteiger partial charge in [0.15, 0.2) is 0 Å². The number of nitrogens with zero attached hydrogens (tertiary/aromatic N) is 1. The van der Waals surface area contributed by atoms with Gasteiger partial charge in [0, 0.05) is 31.6 Å². The minimum Gasteiger partial charge on any atom is -0.374 e. The normalized spacial score (nSPS) is 23.2. The second-order valence-corrected chi connectivity index (χ2v) is 7.36. The van der Waals surface area contributed by atoms with E-state index in [0.717, 1.165) is 18.5 Å². The first-order valence-corrected chi connectivity index (χ1v) is 7.77. The van der Waals surface area contributed by atoms with Crippen molar-refractivity contribution in [1.82, 2.24) is 0 Å². The van der Waals surface area contributed by atoms with Crippen molar-refractivity contribution in [1.29, 1.82) is 0 Å². The molecule has 116 valence electrons. The van der Waals surface area contributed by atoms with Gasteiger partial charge in [0.05, 0.1) is 0 Å². The molecule has 1 aliphatic rings. The molecule has 0 aromatic heterocycles. The molecule has 2 atom stereocenters. The van der Waals surface area contributed by atoms with Crippen molar-refractivity contribution >= 4 is 11.5 Å². The van der Waals surface area contributed by atoms with E-state index >= 15 is 0 Å². The van der Waals surface area contributed by atoms with Crippen LogP contribution in [0.1, 0.15) is 40.0 Å². The Bertz CT molecular complexity index is 506. The maximum atomic E-state index is 13.3. The molecule has 0 spiro atoms. The van der Waals surface area contributed by atoms with Gasteiger partial charge in [0.25, 0.3) is 0 Å². The van der Waals surface area contributed by atoms with Crippen LogP contribution in [0, 0.1) is 23.1 Å². The molecule has 1 aromatic rings. The zero-order valence-corrected chi connectivity index (χ0v) is 13.5. The van der Waals surface area contributed by atoms with E-state index in [9.17, 15) is 9.18 Å². The first-order valence-electron chi connectivity index (χ1n) is 7.77. The fourth-order valence-electron chi connectivity index (χ4n) is 3.23. The second kappa shape index (κ2) is 6.17. The lowest BCUT2D eigenvalue weighted by Crippen LogP contribution is -2.38. The predicted octanol–water partition coefficient (Wildman–Crippen LogP) is 4.29. The highest BCUT2D eigenvalue weighted by atomic mass is 19.1. The first kappa shape index (κ1) is 16.0. The van der Waals surface area contributed by atoms with Crippen LogP contribution >= 0.6 is 0 Å². The molecule has 0 heterocycles. The van der Waals surface area contributed by atoms with E-state index < -0.39 is 0 Å². The summed E-state index contributed by atoms with van der Waals surface area (Å²) in [5, 5.41) is 0. The molecule has 1 saturated carbocycles. The lowest BCUT2D eigenvalue weighted by molar-refractivity contribution is -0.126. The van der Waals surface area contributed by atoms with Crippen molar-refractivity contribution in [2.45, 2.75) is 40.0 Å². The molecule has 0 amide bonds. The Balaban J connectivity index is 2.05. The van der Waals surface area contributed by atoms with Crippen LogP contribution in [0.5, 0.6) is 0 Å². The van der Waals surface area contributed by atoms with Crippen molar-refractivity contribution in [2.24, 2.45) is 17.3 Å². The number of hydrogen-bond donors (Lipinski definition) is 0. The molecule has 0 saturated heterocycles. The third-order valence-electron chi connectivity index (χ3n) is 4.73. The largest absolute Gasteiger partial charge is 0.374 e. The van der Waals surface area contributed by atoms with Crippen molar-refractivity contribution < 1.29 is 9.18 Å². The molecule has 2 rings (SSSR count). The van der Waals surface area contributed by atoms with Crippen LogP contribution in [0.15, 0.2) is 24.3 Å². The highest BCUT2D eigenvalue weighted by molar-refractivity contribution is 5.82. The van der Waals surface area contributed by atoms with E-state index in [0.29, 0.717) is 24.7 Å². The van der Waals surface area contributed by atoms with Crippen LogP contribution in [-0.2, 0) is 4.79 Å².